The minimum absolute atomic E-state index is 0.0200. The van der Waals surface area contributed by atoms with Gasteiger partial charge in [-0.3, -0.25) is 4.79 Å². The third-order valence-corrected chi connectivity index (χ3v) is 8.36. The zero-order valence-corrected chi connectivity index (χ0v) is 22.5. The van der Waals surface area contributed by atoms with Crippen molar-refractivity contribution in [2.45, 2.75) is 82.5 Å². The van der Waals surface area contributed by atoms with Gasteiger partial charge in [-0.25, -0.2) is 14.4 Å². The van der Waals surface area contributed by atoms with E-state index in [9.17, 15) is 22.4 Å². The van der Waals surface area contributed by atoms with Gasteiger partial charge in [-0.15, -0.1) is 0 Å². The second kappa shape index (κ2) is 11.6. The second-order valence-corrected chi connectivity index (χ2v) is 11.2. The van der Waals surface area contributed by atoms with E-state index in [2.05, 4.69) is 34.7 Å². The number of carbonyl (C=O) groups excluding carboxylic acids is 1. The monoisotopic (exact) mass is 554 g/mol. The Labute approximate surface area is 231 Å². The first-order chi connectivity index (χ1) is 19.1. The summed E-state index contributed by atoms with van der Waals surface area (Å²) in [6.07, 6.45) is 4.73. The molecular weight excluding hydrogens is 520 g/mol. The van der Waals surface area contributed by atoms with Crippen LogP contribution in [0.15, 0.2) is 54.7 Å². The summed E-state index contributed by atoms with van der Waals surface area (Å²) < 4.78 is 53.5. The van der Waals surface area contributed by atoms with Crippen LogP contribution in [-0.4, -0.2) is 21.9 Å². The first-order valence-electron chi connectivity index (χ1n) is 14.0. The van der Waals surface area contributed by atoms with Crippen molar-refractivity contribution in [2.24, 2.45) is 5.92 Å². The lowest BCUT2D eigenvalue weighted by Crippen LogP contribution is -2.33. The molecular formula is C31H34F4N4O. The average Bonchev–Trinajstić information content (AvgIpc) is 3.44. The van der Waals surface area contributed by atoms with Crippen molar-refractivity contribution in [3.8, 4) is 0 Å². The highest BCUT2D eigenvalue weighted by Gasteiger charge is 2.42. The van der Waals surface area contributed by atoms with Gasteiger partial charge in [-0.1, -0.05) is 50.1 Å². The van der Waals surface area contributed by atoms with Crippen molar-refractivity contribution in [3.05, 3.63) is 88.5 Å². The number of nitrogens with zero attached hydrogens (tertiary/aromatic N) is 2. The molecule has 9 heteroatoms. The predicted molar refractivity (Wildman–Crippen MR) is 145 cm³/mol. The van der Waals surface area contributed by atoms with Crippen molar-refractivity contribution in [3.63, 3.8) is 0 Å². The molecule has 1 heterocycles. The quantitative estimate of drug-likeness (QED) is 0.299. The molecule has 0 atom stereocenters. The molecule has 0 radical (unpaired) electrons. The number of amides is 1. The topological polar surface area (TPSA) is 66.9 Å². The standard InChI is InChI=1S/C31H34F4N4O/c1-20-9-11-25(12-10-20)38-29-37-19-26(27(39-29)30(13-5-6-14-30)22-7-3-2-4-8-22)28(40)36-18-21-15-23(31(33,34)35)17-24(32)16-21/h2-4,7-8,15-17,19-20,25H,5-6,9-14,18H2,1H3,(H,36,40)(H,37,38,39). The van der Waals surface area contributed by atoms with Crippen LogP contribution >= 0.6 is 0 Å². The molecule has 2 fully saturated rings. The number of carbonyl (C=O) groups is 1. The van der Waals surface area contributed by atoms with Crippen molar-refractivity contribution in [1.82, 2.24) is 15.3 Å². The van der Waals surface area contributed by atoms with Crippen LogP contribution in [0.2, 0.25) is 0 Å². The molecule has 40 heavy (non-hydrogen) atoms. The number of hydrogen-bond donors (Lipinski definition) is 2. The number of nitrogens with one attached hydrogen (secondary N) is 2. The number of rotatable bonds is 7. The second-order valence-electron chi connectivity index (χ2n) is 11.2. The molecule has 5 rings (SSSR count). The maximum absolute atomic E-state index is 13.9. The third kappa shape index (κ3) is 6.13. The van der Waals surface area contributed by atoms with Crippen LogP contribution in [0.3, 0.4) is 0 Å². The van der Waals surface area contributed by atoms with Crippen LogP contribution in [0.4, 0.5) is 23.5 Å². The maximum Gasteiger partial charge on any atom is 0.416 e. The van der Waals surface area contributed by atoms with Gasteiger partial charge in [0.25, 0.3) is 5.91 Å². The highest BCUT2D eigenvalue weighted by atomic mass is 19.4. The Morgan fingerprint density at radius 3 is 2.40 bits per heavy atom. The van der Waals surface area contributed by atoms with Crippen LogP contribution in [0.5, 0.6) is 0 Å². The van der Waals surface area contributed by atoms with E-state index in [0.29, 0.717) is 23.6 Å². The number of halogens is 4. The number of benzene rings is 2. The Morgan fingerprint density at radius 1 is 1.02 bits per heavy atom. The van der Waals surface area contributed by atoms with Gasteiger partial charge < -0.3 is 10.6 Å². The van der Waals surface area contributed by atoms with Gasteiger partial charge in [0.05, 0.1) is 16.8 Å². The molecule has 5 nitrogen and oxygen atoms in total. The average molecular weight is 555 g/mol. The fraction of sp³-hybridized carbons (Fsp3) is 0.452. The first-order valence-corrected chi connectivity index (χ1v) is 14.0. The van der Waals surface area contributed by atoms with Crippen LogP contribution in [0.25, 0.3) is 0 Å². The van der Waals surface area contributed by atoms with Crippen LogP contribution in [-0.2, 0) is 18.1 Å². The lowest BCUT2D eigenvalue weighted by molar-refractivity contribution is -0.137. The van der Waals surface area contributed by atoms with E-state index >= 15 is 0 Å². The molecule has 0 saturated heterocycles. The van der Waals surface area contributed by atoms with Gasteiger partial charge >= 0.3 is 6.18 Å². The van der Waals surface area contributed by atoms with Crippen LogP contribution in [0, 0.1) is 11.7 Å². The lowest BCUT2D eigenvalue weighted by atomic mass is 9.74. The molecule has 3 aromatic rings. The van der Waals surface area contributed by atoms with E-state index in [1.165, 1.54) is 6.20 Å². The third-order valence-electron chi connectivity index (χ3n) is 8.36. The molecule has 0 unspecified atom stereocenters. The lowest BCUT2D eigenvalue weighted by Gasteiger charge is -2.32. The Morgan fingerprint density at radius 2 is 1.73 bits per heavy atom. The number of alkyl halides is 3. The summed E-state index contributed by atoms with van der Waals surface area (Å²) in [7, 11) is 0. The van der Waals surface area contributed by atoms with Gasteiger partial charge in [0.1, 0.15) is 5.82 Å². The number of aromatic nitrogens is 2. The molecule has 2 aliphatic carbocycles. The Hall–Kier alpha value is -3.49. The van der Waals surface area contributed by atoms with E-state index in [1.54, 1.807) is 0 Å². The van der Waals surface area contributed by atoms with Gasteiger partial charge in [0, 0.05) is 24.2 Å². The fourth-order valence-corrected chi connectivity index (χ4v) is 6.16. The SMILES string of the molecule is CC1CCC(Nc2ncc(C(=O)NCc3cc(F)cc(C(F)(F)F)c3)c(C3(c4ccccc4)CCCC3)n2)CC1. The minimum atomic E-state index is -4.69. The summed E-state index contributed by atoms with van der Waals surface area (Å²) in [4.78, 5) is 23.0. The molecule has 2 aliphatic rings. The molecule has 1 aromatic heterocycles. The summed E-state index contributed by atoms with van der Waals surface area (Å²) in [6.45, 7) is 1.99. The molecule has 1 amide bonds. The zero-order chi connectivity index (χ0) is 28.3. The predicted octanol–water partition coefficient (Wildman–Crippen LogP) is 7.42. The first kappa shape index (κ1) is 28.1. The van der Waals surface area contributed by atoms with Crippen molar-refractivity contribution in [2.75, 3.05) is 5.32 Å². The van der Waals surface area contributed by atoms with Gasteiger partial charge in [0.15, 0.2) is 0 Å². The molecule has 212 valence electrons. The summed E-state index contributed by atoms with van der Waals surface area (Å²) in [5, 5.41) is 6.17. The van der Waals surface area contributed by atoms with Crippen LogP contribution in [0.1, 0.15) is 91.0 Å². The zero-order valence-electron chi connectivity index (χ0n) is 22.5. The van der Waals surface area contributed by atoms with E-state index in [1.807, 2.05) is 18.2 Å². The maximum atomic E-state index is 13.9. The largest absolute Gasteiger partial charge is 0.416 e. The molecule has 2 N–H and O–H groups in total. The summed E-state index contributed by atoms with van der Waals surface area (Å²) in [5.41, 5.74) is 0.398. The fourth-order valence-electron chi connectivity index (χ4n) is 6.16. The summed E-state index contributed by atoms with van der Waals surface area (Å²) in [6, 6.07) is 12.5. The normalized spacial score (nSPS) is 20.7. The van der Waals surface area contributed by atoms with Crippen molar-refractivity contribution >= 4 is 11.9 Å². The molecule has 2 saturated carbocycles. The molecule has 0 bridgehead atoms. The van der Waals surface area contributed by atoms with E-state index < -0.39 is 28.9 Å². The highest BCUT2D eigenvalue weighted by molar-refractivity contribution is 5.95. The van der Waals surface area contributed by atoms with Gasteiger partial charge in [0.2, 0.25) is 5.95 Å². The molecule has 2 aromatic carbocycles. The minimum Gasteiger partial charge on any atom is -0.351 e. The van der Waals surface area contributed by atoms with E-state index in [-0.39, 0.29) is 23.7 Å². The van der Waals surface area contributed by atoms with Gasteiger partial charge in [-0.2, -0.15) is 13.2 Å². The van der Waals surface area contributed by atoms with Gasteiger partial charge in [-0.05, 0) is 73.8 Å². The Kier molecular flexibility index (Phi) is 8.10. The Balaban J connectivity index is 1.47. The highest BCUT2D eigenvalue weighted by Crippen LogP contribution is 2.47. The number of hydrogen-bond acceptors (Lipinski definition) is 4. The number of anilines is 1. The van der Waals surface area contributed by atoms with E-state index in [0.717, 1.165) is 69.1 Å². The van der Waals surface area contributed by atoms with E-state index in [4.69, 9.17) is 4.98 Å². The summed E-state index contributed by atoms with van der Waals surface area (Å²) >= 11 is 0. The molecule has 0 spiro atoms. The Bertz CT molecular complexity index is 1330. The van der Waals surface area contributed by atoms with Crippen molar-refractivity contribution in [1.29, 1.82) is 0 Å². The summed E-state index contributed by atoms with van der Waals surface area (Å²) in [5.74, 6) is -0.336. The van der Waals surface area contributed by atoms with Crippen molar-refractivity contribution < 1.29 is 22.4 Å². The van der Waals surface area contributed by atoms with Crippen LogP contribution < -0.4 is 10.6 Å². The molecule has 0 aliphatic heterocycles. The smallest absolute Gasteiger partial charge is 0.351 e.